The third-order valence-electron chi connectivity index (χ3n) is 3.90. The fourth-order valence-electron chi connectivity index (χ4n) is 2.37. The van der Waals surface area contributed by atoms with Crippen LogP contribution in [0.4, 0.5) is 5.13 Å². The SMILES string of the molecule is C=CCn1c(CSc2ccc(C)cc2)nnc1SC(C)C(=O)Nc1nnc(C)s1. The lowest BCUT2D eigenvalue weighted by molar-refractivity contribution is -0.115. The number of amides is 1. The minimum atomic E-state index is -0.357. The summed E-state index contributed by atoms with van der Waals surface area (Å²) < 4.78 is 2.00. The van der Waals surface area contributed by atoms with Gasteiger partial charge in [0, 0.05) is 11.4 Å². The van der Waals surface area contributed by atoms with E-state index in [-0.39, 0.29) is 11.2 Å². The average Bonchev–Trinajstić information content (AvgIpc) is 3.28. The maximum absolute atomic E-state index is 12.5. The van der Waals surface area contributed by atoms with Gasteiger partial charge in [-0.05, 0) is 32.9 Å². The van der Waals surface area contributed by atoms with Gasteiger partial charge in [-0.2, -0.15) is 0 Å². The first kappa shape index (κ1) is 21.5. The lowest BCUT2D eigenvalue weighted by Crippen LogP contribution is -2.23. The van der Waals surface area contributed by atoms with Crippen molar-refractivity contribution < 1.29 is 4.79 Å². The van der Waals surface area contributed by atoms with E-state index in [1.165, 1.54) is 33.6 Å². The van der Waals surface area contributed by atoms with E-state index < -0.39 is 0 Å². The molecule has 2 aromatic heterocycles. The number of hydrogen-bond donors (Lipinski definition) is 1. The van der Waals surface area contributed by atoms with Gasteiger partial charge in [0.2, 0.25) is 11.0 Å². The van der Waals surface area contributed by atoms with Crippen LogP contribution in [0, 0.1) is 13.8 Å². The summed E-state index contributed by atoms with van der Waals surface area (Å²) in [4.78, 5) is 13.6. The monoisotopic (exact) mass is 446 g/mol. The van der Waals surface area contributed by atoms with Gasteiger partial charge >= 0.3 is 0 Å². The van der Waals surface area contributed by atoms with Crippen molar-refractivity contribution in [2.45, 2.75) is 48.4 Å². The number of thioether (sulfide) groups is 2. The van der Waals surface area contributed by atoms with Crippen molar-refractivity contribution in [3.63, 3.8) is 0 Å². The average molecular weight is 447 g/mol. The van der Waals surface area contributed by atoms with E-state index in [9.17, 15) is 4.79 Å². The van der Waals surface area contributed by atoms with Crippen LogP contribution >= 0.6 is 34.9 Å². The number of nitrogens with one attached hydrogen (secondary N) is 1. The molecule has 10 heteroatoms. The molecule has 0 aliphatic heterocycles. The summed E-state index contributed by atoms with van der Waals surface area (Å²) >= 11 is 4.42. The molecule has 0 bridgehead atoms. The molecule has 29 heavy (non-hydrogen) atoms. The number of aryl methyl sites for hydroxylation is 2. The van der Waals surface area contributed by atoms with Crippen molar-refractivity contribution >= 4 is 45.9 Å². The first-order chi connectivity index (χ1) is 14.0. The zero-order valence-electron chi connectivity index (χ0n) is 16.5. The summed E-state index contributed by atoms with van der Waals surface area (Å²) in [5.41, 5.74) is 1.24. The maximum atomic E-state index is 12.5. The second kappa shape index (κ2) is 10.0. The first-order valence-electron chi connectivity index (χ1n) is 8.96. The molecule has 0 saturated carbocycles. The summed E-state index contributed by atoms with van der Waals surface area (Å²) in [6.07, 6.45) is 1.81. The van der Waals surface area contributed by atoms with E-state index in [4.69, 9.17) is 0 Å². The Balaban J connectivity index is 1.66. The molecular weight excluding hydrogens is 424 g/mol. The summed E-state index contributed by atoms with van der Waals surface area (Å²) in [5, 5.41) is 20.9. The zero-order valence-corrected chi connectivity index (χ0v) is 18.9. The smallest absolute Gasteiger partial charge is 0.239 e. The van der Waals surface area contributed by atoms with Crippen molar-refractivity contribution in [1.82, 2.24) is 25.0 Å². The van der Waals surface area contributed by atoms with Gasteiger partial charge < -0.3 is 4.57 Å². The third kappa shape index (κ3) is 5.91. The second-order valence-electron chi connectivity index (χ2n) is 6.28. The Morgan fingerprint density at radius 1 is 1.24 bits per heavy atom. The molecule has 0 radical (unpaired) electrons. The largest absolute Gasteiger partial charge is 0.301 e. The lowest BCUT2D eigenvalue weighted by atomic mass is 10.2. The van der Waals surface area contributed by atoms with Gasteiger partial charge in [0.15, 0.2) is 5.16 Å². The van der Waals surface area contributed by atoms with E-state index in [0.717, 1.165) is 10.8 Å². The molecule has 152 valence electrons. The van der Waals surface area contributed by atoms with E-state index in [1.54, 1.807) is 11.8 Å². The van der Waals surface area contributed by atoms with Crippen LogP contribution in [0.5, 0.6) is 0 Å². The van der Waals surface area contributed by atoms with Crippen molar-refractivity contribution in [2.75, 3.05) is 5.32 Å². The van der Waals surface area contributed by atoms with Crippen molar-refractivity contribution in [1.29, 1.82) is 0 Å². The van der Waals surface area contributed by atoms with Gasteiger partial charge in [-0.25, -0.2) is 0 Å². The molecule has 1 amide bonds. The molecule has 0 aliphatic carbocycles. The molecule has 0 aliphatic rings. The second-order valence-corrected chi connectivity index (χ2v) is 9.81. The summed E-state index contributed by atoms with van der Waals surface area (Å²) in [5.74, 6) is 1.40. The van der Waals surface area contributed by atoms with E-state index >= 15 is 0 Å². The van der Waals surface area contributed by atoms with Crippen LogP contribution in [0.3, 0.4) is 0 Å². The standard InChI is InChI=1S/C19H22N6OS3/c1-5-10-25-16(11-27-15-8-6-12(2)7-9-15)22-24-19(25)28-13(3)17(26)20-18-23-21-14(4)29-18/h5-9,13H,1,10-11H2,2-4H3,(H,20,23,26). The lowest BCUT2D eigenvalue weighted by Gasteiger charge is -2.11. The number of anilines is 1. The predicted octanol–water partition coefficient (Wildman–Crippen LogP) is 4.34. The number of allylic oxidation sites excluding steroid dienone is 1. The summed E-state index contributed by atoms with van der Waals surface area (Å²) in [6.45, 7) is 10.2. The molecule has 1 aromatic carbocycles. The Bertz CT molecular complexity index is 982. The molecule has 0 fully saturated rings. The Kier molecular flexibility index (Phi) is 7.45. The Hall–Kier alpha value is -2.17. The van der Waals surface area contributed by atoms with Crippen LogP contribution in [0.1, 0.15) is 23.3 Å². The normalized spacial score (nSPS) is 12.0. The zero-order chi connectivity index (χ0) is 20.8. The Morgan fingerprint density at radius 3 is 2.66 bits per heavy atom. The number of carbonyl (C=O) groups is 1. The van der Waals surface area contributed by atoms with Gasteiger partial charge in [-0.15, -0.1) is 38.7 Å². The number of benzene rings is 1. The third-order valence-corrected chi connectivity index (χ3v) is 6.74. The van der Waals surface area contributed by atoms with Crippen LogP contribution in [-0.2, 0) is 17.1 Å². The summed E-state index contributed by atoms with van der Waals surface area (Å²) in [6, 6.07) is 8.40. The van der Waals surface area contributed by atoms with E-state index in [1.807, 2.05) is 24.5 Å². The molecule has 2 heterocycles. The molecule has 1 atom stereocenters. The molecule has 7 nitrogen and oxygen atoms in total. The van der Waals surface area contributed by atoms with Gasteiger partial charge in [0.25, 0.3) is 0 Å². The summed E-state index contributed by atoms with van der Waals surface area (Å²) in [7, 11) is 0. The quantitative estimate of drug-likeness (QED) is 0.386. The number of aromatic nitrogens is 5. The van der Waals surface area contributed by atoms with Crippen LogP contribution in [0.15, 0.2) is 47.0 Å². The van der Waals surface area contributed by atoms with Crippen molar-refractivity contribution in [3.05, 3.63) is 53.3 Å². The number of hydrogen-bond acceptors (Lipinski definition) is 8. The van der Waals surface area contributed by atoms with Gasteiger partial charge in [0.05, 0.1) is 11.0 Å². The molecule has 1 N–H and O–H groups in total. The highest BCUT2D eigenvalue weighted by molar-refractivity contribution is 8.00. The fourth-order valence-corrected chi connectivity index (χ4v) is 4.68. The minimum Gasteiger partial charge on any atom is -0.301 e. The number of carbonyl (C=O) groups excluding carboxylic acids is 1. The van der Waals surface area contributed by atoms with Crippen LogP contribution in [-0.4, -0.2) is 36.1 Å². The Labute approximate surface area is 182 Å². The molecular formula is C19H22N6OS3. The van der Waals surface area contributed by atoms with E-state index in [2.05, 4.69) is 63.5 Å². The topological polar surface area (TPSA) is 85.6 Å². The predicted molar refractivity (Wildman–Crippen MR) is 120 cm³/mol. The van der Waals surface area contributed by atoms with E-state index in [0.29, 0.717) is 22.6 Å². The van der Waals surface area contributed by atoms with Gasteiger partial charge in [0.1, 0.15) is 10.8 Å². The fraction of sp³-hybridized carbons (Fsp3) is 0.316. The van der Waals surface area contributed by atoms with Crippen LogP contribution < -0.4 is 5.32 Å². The van der Waals surface area contributed by atoms with Crippen LogP contribution in [0.25, 0.3) is 0 Å². The maximum Gasteiger partial charge on any atom is 0.239 e. The highest BCUT2D eigenvalue weighted by Gasteiger charge is 2.21. The molecule has 0 saturated heterocycles. The van der Waals surface area contributed by atoms with Crippen molar-refractivity contribution in [2.24, 2.45) is 0 Å². The minimum absolute atomic E-state index is 0.144. The van der Waals surface area contributed by atoms with Crippen molar-refractivity contribution in [3.8, 4) is 0 Å². The highest BCUT2D eigenvalue weighted by atomic mass is 32.2. The highest BCUT2D eigenvalue weighted by Crippen LogP contribution is 2.27. The van der Waals surface area contributed by atoms with Crippen LogP contribution in [0.2, 0.25) is 0 Å². The number of rotatable bonds is 9. The Morgan fingerprint density at radius 2 is 2.00 bits per heavy atom. The molecule has 3 rings (SSSR count). The molecule has 0 spiro atoms. The van der Waals surface area contributed by atoms with Gasteiger partial charge in [-0.1, -0.05) is 46.9 Å². The number of nitrogens with zero attached hydrogens (tertiary/aromatic N) is 5. The molecule has 1 unspecified atom stereocenters. The molecule has 3 aromatic rings. The first-order valence-corrected chi connectivity index (χ1v) is 11.6. The van der Waals surface area contributed by atoms with Gasteiger partial charge in [-0.3, -0.25) is 10.1 Å².